The lowest BCUT2D eigenvalue weighted by Crippen LogP contribution is -2.49. The van der Waals surface area contributed by atoms with Gasteiger partial charge in [0.05, 0.1) is 12.2 Å². The molecule has 0 saturated carbocycles. The van der Waals surface area contributed by atoms with Crippen LogP contribution in [0.15, 0.2) is 58.0 Å². The van der Waals surface area contributed by atoms with Gasteiger partial charge in [0.15, 0.2) is 10.8 Å². The first-order valence-corrected chi connectivity index (χ1v) is 9.51. The minimum absolute atomic E-state index is 0.0549. The van der Waals surface area contributed by atoms with E-state index < -0.39 is 22.7 Å². The molecule has 3 N–H and O–H groups in total. The fourth-order valence-corrected chi connectivity index (χ4v) is 4.58. The smallest absolute Gasteiger partial charge is 0.265 e. The quantitative estimate of drug-likeness (QED) is 0.775. The van der Waals surface area contributed by atoms with Crippen molar-refractivity contribution >= 4 is 50.4 Å². The van der Waals surface area contributed by atoms with E-state index in [1.54, 1.807) is 18.2 Å². The number of hydrogen-bond donors (Lipinski definition) is 2. The molecule has 2 aromatic carbocycles. The number of anilines is 1. The van der Waals surface area contributed by atoms with Gasteiger partial charge in [-0.2, -0.15) is 4.99 Å². The number of rotatable bonds is 3. The first-order chi connectivity index (χ1) is 12.4. The van der Waals surface area contributed by atoms with Crippen molar-refractivity contribution < 1.29 is 14.7 Å². The standard InChI is InChI=1S/C18H14BrN3O3S/c19-11-6-7-13-12(8-11)18(25,14-15(23)21-17(20)26-14)16(24)22(13)9-10-4-2-1-3-5-10/h1-8,14,25H,9H2,(H2,20,21,23). The third-order valence-corrected chi connectivity index (χ3v) is 6.08. The highest BCUT2D eigenvalue weighted by Gasteiger charge is 2.59. The molecule has 0 saturated heterocycles. The van der Waals surface area contributed by atoms with E-state index in [1.165, 1.54) is 4.90 Å². The maximum Gasteiger partial charge on any atom is 0.265 e. The summed E-state index contributed by atoms with van der Waals surface area (Å²) >= 11 is 4.29. The van der Waals surface area contributed by atoms with Gasteiger partial charge in [-0.15, -0.1) is 0 Å². The van der Waals surface area contributed by atoms with E-state index in [2.05, 4.69) is 20.9 Å². The largest absolute Gasteiger partial charge is 0.378 e. The molecule has 0 aromatic heterocycles. The van der Waals surface area contributed by atoms with Crippen LogP contribution in [0.25, 0.3) is 0 Å². The molecule has 0 bridgehead atoms. The van der Waals surface area contributed by atoms with Crippen LogP contribution in [-0.2, 0) is 21.7 Å². The highest BCUT2D eigenvalue weighted by molar-refractivity contribution is 9.10. The molecule has 0 aliphatic carbocycles. The predicted octanol–water partition coefficient (Wildman–Crippen LogP) is 2.14. The molecule has 6 nitrogen and oxygen atoms in total. The average molecular weight is 432 g/mol. The Morgan fingerprint density at radius 3 is 2.62 bits per heavy atom. The molecule has 8 heteroatoms. The Morgan fingerprint density at radius 2 is 1.96 bits per heavy atom. The number of amides is 2. The third kappa shape index (κ3) is 2.56. The van der Waals surface area contributed by atoms with Gasteiger partial charge >= 0.3 is 0 Å². The maximum absolute atomic E-state index is 13.2. The molecule has 2 aliphatic rings. The predicted molar refractivity (Wildman–Crippen MR) is 104 cm³/mol. The van der Waals surface area contributed by atoms with Crippen LogP contribution in [0.4, 0.5) is 5.69 Å². The molecule has 0 spiro atoms. The number of aliphatic imine (C=N–C) groups is 1. The summed E-state index contributed by atoms with van der Waals surface area (Å²) < 4.78 is 0.702. The van der Waals surface area contributed by atoms with Gasteiger partial charge < -0.3 is 15.7 Å². The molecular weight excluding hydrogens is 418 g/mol. The van der Waals surface area contributed by atoms with Gasteiger partial charge in [0.2, 0.25) is 0 Å². The minimum atomic E-state index is -2.01. The van der Waals surface area contributed by atoms with E-state index in [0.29, 0.717) is 22.3 Å². The van der Waals surface area contributed by atoms with Crippen LogP contribution in [0, 0.1) is 0 Å². The maximum atomic E-state index is 13.2. The molecule has 2 atom stereocenters. The van der Waals surface area contributed by atoms with Gasteiger partial charge in [-0.05, 0) is 23.8 Å². The van der Waals surface area contributed by atoms with Crippen molar-refractivity contribution in [3.8, 4) is 0 Å². The molecule has 2 unspecified atom stereocenters. The Morgan fingerprint density at radius 1 is 1.23 bits per heavy atom. The van der Waals surface area contributed by atoms with Crippen molar-refractivity contribution in [1.29, 1.82) is 0 Å². The Bertz CT molecular complexity index is 950. The first-order valence-electron chi connectivity index (χ1n) is 7.84. The first kappa shape index (κ1) is 17.3. The number of halogens is 1. The van der Waals surface area contributed by atoms with Crippen molar-refractivity contribution in [1.82, 2.24) is 0 Å². The fourth-order valence-electron chi connectivity index (χ4n) is 3.28. The summed E-state index contributed by atoms with van der Waals surface area (Å²) in [6.07, 6.45) is 0. The van der Waals surface area contributed by atoms with Crippen molar-refractivity contribution in [2.75, 3.05) is 4.90 Å². The van der Waals surface area contributed by atoms with Crippen LogP contribution in [0.3, 0.4) is 0 Å². The Hall–Kier alpha value is -2.16. The second kappa shape index (κ2) is 6.22. The summed E-state index contributed by atoms with van der Waals surface area (Å²) in [7, 11) is 0. The highest BCUT2D eigenvalue weighted by atomic mass is 79.9. The number of fused-ring (bicyclic) bond motifs is 1. The third-order valence-electron chi connectivity index (χ3n) is 4.48. The number of nitrogens with two attached hydrogens (primary N) is 1. The van der Waals surface area contributed by atoms with E-state index in [4.69, 9.17) is 5.73 Å². The Labute approximate surface area is 162 Å². The molecule has 132 valence electrons. The summed E-state index contributed by atoms with van der Waals surface area (Å²) in [5.74, 6) is -1.15. The van der Waals surface area contributed by atoms with Crippen molar-refractivity contribution in [2.24, 2.45) is 10.7 Å². The average Bonchev–Trinajstić information content (AvgIpc) is 3.06. The molecule has 26 heavy (non-hydrogen) atoms. The highest BCUT2D eigenvalue weighted by Crippen LogP contribution is 2.48. The molecule has 2 heterocycles. The van der Waals surface area contributed by atoms with Gasteiger partial charge in [-0.1, -0.05) is 58.0 Å². The SMILES string of the molecule is NC1=NC(=O)C(C2(O)C(=O)N(Cc3ccccc3)c3ccc(Br)cc32)S1. The number of benzene rings is 2. The van der Waals surface area contributed by atoms with E-state index >= 15 is 0 Å². The lowest BCUT2D eigenvalue weighted by Gasteiger charge is -2.26. The molecule has 0 radical (unpaired) electrons. The van der Waals surface area contributed by atoms with Crippen LogP contribution in [-0.4, -0.2) is 27.3 Å². The zero-order valence-electron chi connectivity index (χ0n) is 13.4. The van der Waals surface area contributed by atoms with E-state index in [9.17, 15) is 14.7 Å². The number of aliphatic hydroxyl groups is 1. The monoisotopic (exact) mass is 431 g/mol. The fraction of sp³-hybridized carbons (Fsp3) is 0.167. The minimum Gasteiger partial charge on any atom is -0.378 e. The number of carbonyl (C=O) groups excluding carboxylic acids is 2. The lowest BCUT2D eigenvalue weighted by atomic mass is 9.91. The van der Waals surface area contributed by atoms with Crippen molar-refractivity contribution in [2.45, 2.75) is 17.4 Å². The van der Waals surface area contributed by atoms with Gasteiger partial charge in [-0.25, -0.2) is 0 Å². The van der Waals surface area contributed by atoms with Gasteiger partial charge in [0, 0.05) is 10.0 Å². The number of thioether (sulfide) groups is 1. The molecule has 4 rings (SSSR count). The van der Waals surface area contributed by atoms with E-state index in [1.807, 2.05) is 30.3 Å². The molecular formula is C18H14BrN3O3S. The van der Waals surface area contributed by atoms with E-state index in [0.717, 1.165) is 17.3 Å². The molecule has 2 aliphatic heterocycles. The topological polar surface area (TPSA) is 96.0 Å². The second-order valence-corrected chi connectivity index (χ2v) is 8.13. The molecule has 0 fully saturated rings. The zero-order valence-corrected chi connectivity index (χ0v) is 15.8. The number of nitrogens with zero attached hydrogens (tertiary/aromatic N) is 2. The van der Waals surface area contributed by atoms with Crippen molar-refractivity contribution in [3.05, 3.63) is 64.1 Å². The van der Waals surface area contributed by atoms with Crippen LogP contribution >= 0.6 is 27.7 Å². The zero-order chi connectivity index (χ0) is 18.5. The molecule has 2 aromatic rings. The van der Waals surface area contributed by atoms with Gasteiger partial charge in [0.1, 0.15) is 5.25 Å². The summed E-state index contributed by atoms with van der Waals surface area (Å²) in [5, 5.41) is 10.4. The van der Waals surface area contributed by atoms with E-state index in [-0.39, 0.29) is 5.17 Å². The van der Waals surface area contributed by atoms with Gasteiger partial charge in [0.25, 0.3) is 11.8 Å². The van der Waals surface area contributed by atoms with Crippen LogP contribution in [0.5, 0.6) is 0 Å². The Kier molecular flexibility index (Phi) is 4.13. The molecule has 2 amide bonds. The summed E-state index contributed by atoms with van der Waals surface area (Å²) in [5.41, 5.74) is 5.50. The van der Waals surface area contributed by atoms with Gasteiger partial charge in [-0.3, -0.25) is 9.59 Å². The lowest BCUT2D eigenvalue weighted by molar-refractivity contribution is -0.140. The number of hydrogen-bond acceptors (Lipinski definition) is 5. The Balaban J connectivity index is 1.81. The summed E-state index contributed by atoms with van der Waals surface area (Å²) in [6.45, 7) is 0.290. The van der Waals surface area contributed by atoms with Crippen LogP contribution in [0.2, 0.25) is 0 Å². The number of amidine groups is 1. The van der Waals surface area contributed by atoms with Crippen molar-refractivity contribution in [3.63, 3.8) is 0 Å². The normalized spacial score (nSPS) is 24.8. The van der Waals surface area contributed by atoms with Crippen LogP contribution < -0.4 is 10.6 Å². The number of carbonyl (C=O) groups is 2. The summed E-state index contributed by atoms with van der Waals surface area (Å²) in [6, 6.07) is 14.7. The summed E-state index contributed by atoms with van der Waals surface area (Å²) in [4.78, 5) is 30.7. The van der Waals surface area contributed by atoms with Crippen LogP contribution in [0.1, 0.15) is 11.1 Å². The second-order valence-electron chi connectivity index (χ2n) is 6.09.